The number of hydrogen-bond acceptors (Lipinski definition) is 5. The minimum atomic E-state index is 0.109. The number of aromatic nitrogens is 3. The second-order valence-electron chi connectivity index (χ2n) is 4.08. The van der Waals surface area contributed by atoms with Gasteiger partial charge in [0.15, 0.2) is 0 Å². The Kier molecular flexibility index (Phi) is 4.06. The molecule has 0 spiro atoms. The normalized spacial score (nSPS) is 10.4. The van der Waals surface area contributed by atoms with E-state index in [-0.39, 0.29) is 6.10 Å². The molecule has 1 N–H and O–H groups in total. The maximum Gasteiger partial charge on any atom is 0.218 e. The van der Waals surface area contributed by atoms with Gasteiger partial charge in [0.05, 0.1) is 6.10 Å². The predicted octanol–water partition coefficient (Wildman–Crippen LogP) is 2.27. The molecule has 0 aliphatic carbocycles. The summed E-state index contributed by atoms with van der Waals surface area (Å²) < 4.78 is 5.65. The second kappa shape index (κ2) is 5.95. The zero-order chi connectivity index (χ0) is 12.8. The van der Waals surface area contributed by atoms with Crippen LogP contribution in [-0.4, -0.2) is 21.1 Å². The number of nitrogens with zero attached hydrogens (tertiary/aromatic N) is 3. The van der Waals surface area contributed by atoms with Crippen LogP contribution in [0.5, 0.6) is 5.88 Å². The van der Waals surface area contributed by atoms with Crippen LogP contribution in [0.1, 0.15) is 19.4 Å². The molecule has 2 aromatic rings. The molecule has 0 unspecified atom stereocenters. The van der Waals surface area contributed by atoms with Gasteiger partial charge in [0.2, 0.25) is 5.88 Å². The molecule has 2 heterocycles. The van der Waals surface area contributed by atoms with Crippen molar-refractivity contribution in [3.63, 3.8) is 0 Å². The molecule has 0 bridgehead atoms. The Morgan fingerprint density at radius 2 is 2.11 bits per heavy atom. The first-order valence-corrected chi connectivity index (χ1v) is 5.86. The highest BCUT2D eigenvalue weighted by Crippen LogP contribution is 2.16. The summed E-state index contributed by atoms with van der Waals surface area (Å²) in [6, 6.07) is 5.70. The van der Waals surface area contributed by atoms with E-state index in [2.05, 4.69) is 20.3 Å². The van der Waals surface area contributed by atoms with Crippen LogP contribution in [0, 0.1) is 0 Å². The number of anilines is 1. The van der Waals surface area contributed by atoms with Crippen LogP contribution < -0.4 is 10.1 Å². The van der Waals surface area contributed by atoms with Crippen LogP contribution >= 0.6 is 0 Å². The van der Waals surface area contributed by atoms with E-state index < -0.39 is 0 Å². The standard InChI is InChI=1S/C13H16N4O/c1-10(2)18-13-11(4-3-6-15-13)8-16-12-5-7-14-9-17-12/h3-7,9-10H,8H2,1-2H3,(H,14,16,17). The van der Waals surface area contributed by atoms with Crippen molar-refractivity contribution in [3.05, 3.63) is 42.5 Å². The van der Waals surface area contributed by atoms with Gasteiger partial charge in [0.25, 0.3) is 0 Å². The lowest BCUT2D eigenvalue weighted by Gasteiger charge is -2.13. The molecule has 0 aromatic carbocycles. The van der Waals surface area contributed by atoms with Gasteiger partial charge >= 0.3 is 0 Å². The lowest BCUT2D eigenvalue weighted by atomic mass is 10.2. The third kappa shape index (κ3) is 3.41. The Morgan fingerprint density at radius 1 is 1.22 bits per heavy atom. The summed E-state index contributed by atoms with van der Waals surface area (Å²) in [5.74, 6) is 1.44. The lowest BCUT2D eigenvalue weighted by Crippen LogP contribution is -2.10. The van der Waals surface area contributed by atoms with Crippen LogP contribution in [0.3, 0.4) is 0 Å². The molecule has 94 valence electrons. The SMILES string of the molecule is CC(C)Oc1ncccc1CNc1ccncn1. The molecule has 5 heteroatoms. The maximum absolute atomic E-state index is 5.65. The van der Waals surface area contributed by atoms with E-state index in [9.17, 15) is 0 Å². The van der Waals surface area contributed by atoms with Crippen molar-refractivity contribution in [1.29, 1.82) is 0 Å². The fourth-order valence-corrected chi connectivity index (χ4v) is 1.47. The third-order valence-electron chi connectivity index (χ3n) is 2.24. The zero-order valence-corrected chi connectivity index (χ0v) is 10.5. The van der Waals surface area contributed by atoms with Crippen molar-refractivity contribution in [1.82, 2.24) is 15.0 Å². The minimum absolute atomic E-state index is 0.109. The van der Waals surface area contributed by atoms with E-state index >= 15 is 0 Å². The van der Waals surface area contributed by atoms with Crippen LogP contribution in [-0.2, 0) is 6.54 Å². The van der Waals surface area contributed by atoms with Crippen LogP contribution in [0.4, 0.5) is 5.82 Å². The Hall–Kier alpha value is -2.17. The molecule has 0 amide bonds. The number of rotatable bonds is 5. The van der Waals surface area contributed by atoms with Gasteiger partial charge in [-0.1, -0.05) is 6.07 Å². The molecule has 0 saturated carbocycles. The van der Waals surface area contributed by atoms with Gasteiger partial charge in [-0.05, 0) is 26.0 Å². The summed E-state index contributed by atoms with van der Waals surface area (Å²) >= 11 is 0. The number of nitrogens with one attached hydrogen (secondary N) is 1. The Labute approximate surface area is 106 Å². The quantitative estimate of drug-likeness (QED) is 0.874. The topological polar surface area (TPSA) is 59.9 Å². The van der Waals surface area contributed by atoms with Crippen molar-refractivity contribution in [2.75, 3.05) is 5.32 Å². The Bertz CT molecular complexity index is 487. The van der Waals surface area contributed by atoms with Crippen LogP contribution in [0.15, 0.2) is 36.9 Å². The van der Waals surface area contributed by atoms with E-state index in [1.54, 1.807) is 12.4 Å². The van der Waals surface area contributed by atoms with Crippen LogP contribution in [0.25, 0.3) is 0 Å². The van der Waals surface area contributed by atoms with Crippen molar-refractivity contribution in [3.8, 4) is 5.88 Å². The molecule has 0 fully saturated rings. The highest BCUT2D eigenvalue weighted by atomic mass is 16.5. The second-order valence-corrected chi connectivity index (χ2v) is 4.08. The van der Waals surface area contributed by atoms with Gasteiger partial charge < -0.3 is 10.1 Å². The molecule has 5 nitrogen and oxygen atoms in total. The van der Waals surface area contributed by atoms with Gasteiger partial charge in [-0.15, -0.1) is 0 Å². The predicted molar refractivity (Wildman–Crippen MR) is 69.4 cm³/mol. The highest BCUT2D eigenvalue weighted by Gasteiger charge is 2.06. The third-order valence-corrected chi connectivity index (χ3v) is 2.24. The van der Waals surface area contributed by atoms with Crippen LogP contribution in [0.2, 0.25) is 0 Å². The summed E-state index contributed by atoms with van der Waals surface area (Å²) in [7, 11) is 0. The zero-order valence-electron chi connectivity index (χ0n) is 10.5. The van der Waals surface area contributed by atoms with Gasteiger partial charge in [0, 0.05) is 24.5 Å². The van der Waals surface area contributed by atoms with Gasteiger partial charge in [-0.25, -0.2) is 15.0 Å². The van der Waals surface area contributed by atoms with Crippen molar-refractivity contribution in [2.45, 2.75) is 26.5 Å². The first-order valence-electron chi connectivity index (χ1n) is 5.86. The molecule has 2 rings (SSSR count). The average Bonchev–Trinajstić information content (AvgIpc) is 2.38. The maximum atomic E-state index is 5.65. The van der Waals surface area contributed by atoms with E-state index in [0.29, 0.717) is 12.4 Å². The van der Waals surface area contributed by atoms with Gasteiger partial charge in [-0.2, -0.15) is 0 Å². The minimum Gasteiger partial charge on any atom is -0.475 e. The van der Waals surface area contributed by atoms with Crippen molar-refractivity contribution in [2.24, 2.45) is 0 Å². The lowest BCUT2D eigenvalue weighted by molar-refractivity contribution is 0.230. The average molecular weight is 244 g/mol. The molecule has 0 saturated heterocycles. The smallest absolute Gasteiger partial charge is 0.218 e. The fourth-order valence-electron chi connectivity index (χ4n) is 1.47. The molecular weight excluding hydrogens is 228 g/mol. The molecular formula is C13H16N4O. The molecule has 18 heavy (non-hydrogen) atoms. The molecule has 0 radical (unpaired) electrons. The summed E-state index contributed by atoms with van der Waals surface area (Å²) in [6.07, 6.45) is 5.05. The number of ether oxygens (including phenoxy) is 1. The first-order chi connectivity index (χ1) is 8.75. The summed E-state index contributed by atoms with van der Waals surface area (Å²) in [5, 5.41) is 3.20. The van der Waals surface area contributed by atoms with Crippen molar-refractivity contribution < 1.29 is 4.74 Å². The summed E-state index contributed by atoms with van der Waals surface area (Å²) in [4.78, 5) is 12.2. The molecule has 0 aliphatic heterocycles. The fraction of sp³-hybridized carbons (Fsp3) is 0.308. The van der Waals surface area contributed by atoms with E-state index in [1.807, 2.05) is 32.0 Å². The molecule has 0 atom stereocenters. The highest BCUT2D eigenvalue weighted by molar-refractivity contribution is 5.35. The van der Waals surface area contributed by atoms with Crippen molar-refractivity contribution >= 4 is 5.82 Å². The summed E-state index contributed by atoms with van der Waals surface area (Å²) in [6.45, 7) is 4.58. The first kappa shape index (κ1) is 12.3. The number of hydrogen-bond donors (Lipinski definition) is 1. The Morgan fingerprint density at radius 3 is 2.83 bits per heavy atom. The van der Waals surface area contributed by atoms with E-state index in [4.69, 9.17) is 4.74 Å². The molecule has 0 aliphatic rings. The Balaban J connectivity index is 2.05. The monoisotopic (exact) mass is 244 g/mol. The van der Waals surface area contributed by atoms with Gasteiger partial charge in [0.1, 0.15) is 12.1 Å². The number of pyridine rings is 1. The molecule has 2 aromatic heterocycles. The van der Waals surface area contributed by atoms with E-state index in [0.717, 1.165) is 11.4 Å². The largest absolute Gasteiger partial charge is 0.475 e. The van der Waals surface area contributed by atoms with Gasteiger partial charge in [-0.3, -0.25) is 0 Å². The van der Waals surface area contributed by atoms with E-state index in [1.165, 1.54) is 6.33 Å². The summed E-state index contributed by atoms with van der Waals surface area (Å²) in [5.41, 5.74) is 1.00.